The Morgan fingerprint density at radius 3 is 2.28 bits per heavy atom. The van der Waals surface area contributed by atoms with Crippen LogP contribution in [0.25, 0.3) is 0 Å². The lowest BCUT2D eigenvalue weighted by molar-refractivity contribution is 0.0697. The van der Waals surface area contributed by atoms with Crippen LogP contribution in [0.3, 0.4) is 0 Å². The lowest BCUT2D eigenvalue weighted by atomic mass is 10.2. The first-order valence-electron chi connectivity index (χ1n) is 5.03. The van der Waals surface area contributed by atoms with E-state index in [1.807, 2.05) is 0 Å². The zero-order valence-corrected chi connectivity index (χ0v) is 10.6. The number of benzene rings is 2. The van der Waals surface area contributed by atoms with E-state index in [4.69, 9.17) is 33.0 Å². The number of para-hydroxylation sites is 1. The van der Waals surface area contributed by atoms with E-state index in [1.165, 1.54) is 18.2 Å². The van der Waals surface area contributed by atoms with Crippen molar-refractivity contribution in [3.63, 3.8) is 0 Å². The number of hydrogen-bond acceptors (Lipinski definition) is 2. The van der Waals surface area contributed by atoms with Crippen molar-refractivity contribution in [1.29, 1.82) is 0 Å². The molecule has 0 aromatic heterocycles. The van der Waals surface area contributed by atoms with Crippen molar-refractivity contribution in [1.82, 2.24) is 0 Å². The molecule has 0 unspecified atom stereocenters. The molecule has 0 radical (unpaired) electrons. The smallest absolute Gasteiger partial charge is 0.335 e. The van der Waals surface area contributed by atoms with Crippen molar-refractivity contribution < 1.29 is 14.6 Å². The quantitative estimate of drug-likeness (QED) is 0.903. The number of halogens is 2. The summed E-state index contributed by atoms with van der Waals surface area (Å²) in [5.74, 6) is -0.222. The van der Waals surface area contributed by atoms with Crippen LogP contribution in [-0.2, 0) is 0 Å². The third kappa shape index (κ3) is 2.75. The Morgan fingerprint density at radius 1 is 1.00 bits per heavy atom. The molecule has 2 rings (SSSR count). The fraction of sp³-hybridized carbons (Fsp3) is 0. The molecule has 0 aliphatic carbocycles. The Bertz CT molecular complexity index is 597. The van der Waals surface area contributed by atoms with E-state index in [2.05, 4.69) is 0 Å². The lowest BCUT2D eigenvalue weighted by Gasteiger charge is -2.09. The SMILES string of the molecule is O=C(O)c1ccc(Oc2ccccc2Cl)c(Cl)c1. The Labute approximate surface area is 114 Å². The molecule has 2 aromatic carbocycles. The molecule has 0 amide bonds. The van der Waals surface area contributed by atoms with Gasteiger partial charge in [-0.3, -0.25) is 0 Å². The summed E-state index contributed by atoms with van der Waals surface area (Å²) in [5, 5.41) is 9.49. The molecule has 18 heavy (non-hydrogen) atoms. The highest BCUT2D eigenvalue weighted by Gasteiger charge is 2.09. The minimum atomic E-state index is -1.04. The van der Waals surface area contributed by atoms with Gasteiger partial charge < -0.3 is 9.84 Å². The highest BCUT2D eigenvalue weighted by molar-refractivity contribution is 6.33. The number of ether oxygens (including phenoxy) is 1. The molecule has 0 saturated carbocycles. The maximum absolute atomic E-state index is 10.8. The monoisotopic (exact) mass is 282 g/mol. The van der Waals surface area contributed by atoms with Crippen molar-refractivity contribution in [3.05, 3.63) is 58.1 Å². The summed E-state index contributed by atoms with van der Waals surface area (Å²) >= 11 is 11.9. The van der Waals surface area contributed by atoms with Crippen molar-refractivity contribution in [3.8, 4) is 11.5 Å². The van der Waals surface area contributed by atoms with Crippen LogP contribution in [0.5, 0.6) is 11.5 Å². The Hall–Kier alpha value is -1.71. The first-order chi connectivity index (χ1) is 8.58. The highest BCUT2D eigenvalue weighted by Crippen LogP contribution is 2.33. The second-order valence-electron chi connectivity index (χ2n) is 3.48. The summed E-state index contributed by atoms with van der Waals surface area (Å²) in [6.07, 6.45) is 0. The van der Waals surface area contributed by atoms with Crippen LogP contribution in [0.4, 0.5) is 0 Å². The molecule has 0 aliphatic heterocycles. The molecule has 0 spiro atoms. The maximum Gasteiger partial charge on any atom is 0.335 e. The van der Waals surface area contributed by atoms with Gasteiger partial charge in [0.15, 0.2) is 0 Å². The van der Waals surface area contributed by atoms with Crippen LogP contribution in [0.2, 0.25) is 10.0 Å². The average Bonchev–Trinajstić information content (AvgIpc) is 2.34. The molecule has 92 valence electrons. The van der Waals surface area contributed by atoms with E-state index in [0.29, 0.717) is 16.5 Å². The van der Waals surface area contributed by atoms with Crippen LogP contribution in [0, 0.1) is 0 Å². The number of carbonyl (C=O) groups is 1. The number of aromatic carboxylic acids is 1. The number of rotatable bonds is 3. The van der Waals surface area contributed by atoms with Gasteiger partial charge in [-0.2, -0.15) is 0 Å². The van der Waals surface area contributed by atoms with Crippen molar-refractivity contribution in [2.24, 2.45) is 0 Å². The highest BCUT2D eigenvalue weighted by atomic mass is 35.5. The van der Waals surface area contributed by atoms with Gasteiger partial charge in [-0.25, -0.2) is 4.79 Å². The first-order valence-corrected chi connectivity index (χ1v) is 5.79. The van der Waals surface area contributed by atoms with Crippen molar-refractivity contribution >= 4 is 29.2 Å². The molecule has 0 fully saturated rings. The molecular formula is C13H8Cl2O3. The second-order valence-corrected chi connectivity index (χ2v) is 4.30. The minimum Gasteiger partial charge on any atom is -0.478 e. The summed E-state index contributed by atoms with van der Waals surface area (Å²) in [6, 6.07) is 11.2. The summed E-state index contributed by atoms with van der Waals surface area (Å²) in [6.45, 7) is 0. The van der Waals surface area contributed by atoms with Gasteiger partial charge in [-0.05, 0) is 30.3 Å². The molecule has 0 heterocycles. The van der Waals surface area contributed by atoms with Crippen LogP contribution in [0.15, 0.2) is 42.5 Å². The standard InChI is InChI=1S/C13H8Cl2O3/c14-9-3-1-2-4-11(9)18-12-6-5-8(13(16)17)7-10(12)15/h1-7H,(H,16,17). The number of hydrogen-bond donors (Lipinski definition) is 1. The van der Waals surface area contributed by atoms with Crippen LogP contribution >= 0.6 is 23.2 Å². The van der Waals surface area contributed by atoms with E-state index in [1.54, 1.807) is 24.3 Å². The Balaban J connectivity index is 2.30. The van der Waals surface area contributed by atoms with E-state index >= 15 is 0 Å². The zero-order valence-electron chi connectivity index (χ0n) is 9.06. The summed E-state index contributed by atoms with van der Waals surface area (Å²) < 4.78 is 5.52. The predicted molar refractivity (Wildman–Crippen MR) is 69.9 cm³/mol. The van der Waals surface area contributed by atoms with Gasteiger partial charge in [0.25, 0.3) is 0 Å². The summed E-state index contributed by atoms with van der Waals surface area (Å²) in [7, 11) is 0. The van der Waals surface area contributed by atoms with Gasteiger partial charge in [0.05, 0.1) is 15.6 Å². The van der Waals surface area contributed by atoms with Gasteiger partial charge in [-0.15, -0.1) is 0 Å². The molecule has 0 aliphatic rings. The van der Waals surface area contributed by atoms with Gasteiger partial charge in [0.2, 0.25) is 0 Å². The van der Waals surface area contributed by atoms with Gasteiger partial charge in [-0.1, -0.05) is 35.3 Å². The number of carboxylic acid groups (broad SMARTS) is 1. The number of carboxylic acids is 1. The zero-order chi connectivity index (χ0) is 13.1. The Morgan fingerprint density at radius 2 is 1.67 bits per heavy atom. The normalized spacial score (nSPS) is 10.1. The molecule has 0 saturated heterocycles. The minimum absolute atomic E-state index is 0.103. The molecule has 5 heteroatoms. The van der Waals surface area contributed by atoms with E-state index in [0.717, 1.165) is 0 Å². The average molecular weight is 283 g/mol. The van der Waals surface area contributed by atoms with Crippen molar-refractivity contribution in [2.45, 2.75) is 0 Å². The second kappa shape index (κ2) is 5.29. The predicted octanol–water partition coefficient (Wildman–Crippen LogP) is 4.48. The molecule has 0 bridgehead atoms. The molecule has 1 N–H and O–H groups in total. The van der Waals surface area contributed by atoms with Crippen molar-refractivity contribution in [2.75, 3.05) is 0 Å². The largest absolute Gasteiger partial charge is 0.478 e. The van der Waals surface area contributed by atoms with Crippen LogP contribution < -0.4 is 4.74 Å². The molecular weight excluding hydrogens is 275 g/mol. The molecule has 3 nitrogen and oxygen atoms in total. The van der Waals surface area contributed by atoms with Crippen LogP contribution in [0.1, 0.15) is 10.4 Å². The Kier molecular flexibility index (Phi) is 3.75. The molecule has 2 aromatic rings. The van der Waals surface area contributed by atoms with Crippen LogP contribution in [-0.4, -0.2) is 11.1 Å². The fourth-order valence-electron chi connectivity index (χ4n) is 1.36. The summed E-state index contributed by atoms with van der Waals surface area (Å²) in [5.41, 5.74) is 0.103. The topological polar surface area (TPSA) is 46.5 Å². The van der Waals surface area contributed by atoms with Gasteiger partial charge in [0.1, 0.15) is 11.5 Å². The summed E-state index contributed by atoms with van der Waals surface area (Å²) in [4.78, 5) is 10.8. The van der Waals surface area contributed by atoms with E-state index in [-0.39, 0.29) is 10.6 Å². The first kappa shape index (κ1) is 12.7. The van der Waals surface area contributed by atoms with Gasteiger partial charge >= 0.3 is 5.97 Å². The van der Waals surface area contributed by atoms with Gasteiger partial charge in [0, 0.05) is 0 Å². The lowest BCUT2D eigenvalue weighted by Crippen LogP contribution is -1.96. The maximum atomic E-state index is 10.8. The van der Waals surface area contributed by atoms with E-state index in [9.17, 15) is 4.79 Å². The third-order valence-corrected chi connectivity index (χ3v) is 2.84. The molecule has 0 atom stereocenters. The fourth-order valence-corrected chi connectivity index (χ4v) is 1.76. The third-order valence-electron chi connectivity index (χ3n) is 2.24. The van der Waals surface area contributed by atoms with E-state index < -0.39 is 5.97 Å².